The van der Waals surface area contributed by atoms with Gasteiger partial charge in [0.2, 0.25) is 10.0 Å². The predicted octanol–water partition coefficient (Wildman–Crippen LogP) is 0.804. The van der Waals surface area contributed by atoms with E-state index in [1.54, 1.807) is 0 Å². The molecule has 154 valence electrons. The van der Waals surface area contributed by atoms with Crippen molar-refractivity contribution in [1.29, 1.82) is 0 Å². The van der Waals surface area contributed by atoms with Crippen LogP contribution < -0.4 is 15.4 Å². The topological polar surface area (TPSA) is 131 Å². The van der Waals surface area contributed by atoms with Crippen molar-refractivity contribution < 1.29 is 31.9 Å². The zero-order chi connectivity index (χ0) is 20.7. The number of imide groups is 1. The van der Waals surface area contributed by atoms with Crippen LogP contribution in [0.1, 0.15) is 32.6 Å². The summed E-state index contributed by atoms with van der Waals surface area (Å²) in [6, 6.07) is 3.37. The van der Waals surface area contributed by atoms with Gasteiger partial charge in [-0.1, -0.05) is 12.8 Å². The van der Waals surface area contributed by atoms with Crippen molar-refractivity contribution in [2.75, 3.05) is 6.54 Å². The Hall–Kier alpha value is -2.53. The third-order valence-corrected chi connectivity index (χ3v) is 5.55. The van der Waals surface area contributed by atoms with Crippen molar-refractivity contribution in [1.82, 2.24) is 15.4 Å². The van der Waals surface area contributed by atoms with Crippen LogP contribution in [0, 0.1) is 5.82 Å². The number of urea groups is 1. The quantitative estimate of drug-likeness (QED) is 0.565. The van der Waals surface area contributed by atoms with Gasteiger partial charge in [-0.3, -0.25) is 14.9 Å². The van der Waals surface area contributed by atoms with Gasteiger partial charge in [0.25, 0.3) is 5.91 Å². The molecule has 0 bridgehead atoms. The van der Waals surface area contributed by atoms with Gasteiger partial charge >= 0.3 is 12.0 Å². The van der Waals surface area contributed by atoms with Crippen molar-refractivity contribution in [2.24, 2.45) is 0 Å². The predicted molar refractivity (Wildman–Crippen MR) is 96.1 cm³/mol. The van der Waals surface area contributed by atoms with Gasteiger partial charge in [-0.05, 0) is 44.0 Å². The van der Waals surface area contributed by atoms with Gasteiger partial charge in [-0.15, -0.1) is 0 Å². The second-order valence-electron chi connectivity index (χ2n) is 6.35. The summed E-state index contributed by atoms with van der Waals surface area (Å²) >= 11 is 0. The van der Waals surface area contributed by atoms with Crippen LogP contribution in [0.5, 0.6) is 0 Å². The van der Waals surface area contributed by atoms with Gasteiger partial charge in [0, 0.05) is 6.04 Å². The first-order valence-electron chi connectivity index (χ1n) is 8.73. The largest absolute Gasteiger partial charge is 0.452 e. The first-order chi connectivity index (χ1) is 13.2. The fraction of sp³-hybridized carbons (Fsp3) is 0.471. The monoisotopic (exact) mass is 415 g/mol. The van der Waals surface area contributed by atoms with Crippen LogP contribution in [0.3, 0.4) is 0 Å². The molecule has 3 N–H and O–H groups in total. The van der Waals surface area contributed by atoms with Crippen molar-refractivity contribution in [2.45, 2.75) is 49.6 Å². The summed E-state index contributed by atoms with van der Waals surface area (Å²) in [6.45, 7) is 0.524. The molecule has 0 aromatic heterocycles. The summed E-state index contributed by atoms with van der Waals surface area (Å²) in [7, 11) is -4.04. The van der Waals surface area contributed by atoms with E-state index >= 15 is 0 Å². The van der Waals surface area contributed by atoms with E-state index in [-0.39, 0.29) is 10.9 Å². The van der Waals surface area contributed by atoms with Gasteiger partial charge in [-0.2, -0.15) is 4.72 Å². The molecule has 1 aliphatic carbocycles. The molecule has 1 aromatic carbocycles. The number of carbonyl (C=O) groups is 3. The molecule has 0 radical (unpaired) electrons. The van der Waals surface area contributed by atoms with Gasteiger partial charge in [0.15, 0.2) is 6.10 Å². The van der Waals surface area contributed by atoms with E-state index in [1.165, 1.54) is 6.92 Å². The highest BCUT2D eigenvalue weighted by atomic mass is 32.2. The molecule has 0 aliphatic heterocycles. The highest BCUT2D eigenvalue weighted by Gasteiger charge is 2.23. The molecule has 1 fully saturated rings. The molecule has 0 unspecified atom stereocenters. The molecule has 9 nitrogen and oxygen atoms in total. The molecule has 11 heteroatoms. The molecule has 28 heavy (non-hydrogen) atoms. The first-order valence-corrected chi connectivity index (χ1v) is 10.2. The van der Waals surface area contributed by atoms with E-state index in [0.717, 1.165) is 49.9 Å². The van der Waals surface area contributed by atoms with Crippen LogP contribution in [-0.4, -0.2) is 45.0 Å². The Bertz CT molecular complexity index is 822. The maximum Gasteiger partial charge on any atom is 0.321 e. The zero-order valence-corrected chi connectivity index (χ0v) is 16.1. The maximum absolute atomic E-state index is 12.9. The highest BCUT2D eigenvalue weighted by molar-refractivity contribution is 7.89. The molecule has 1 aromatic rings. The summed E-state index contributed by atoms with van der Waals surface area (Å²) in [5, 5.41) is 4.73. The number of sulfonamides is 1. The molecule has 3 amide bonds. The average molecular weight is 415 g/mol. The number of ether oxygens (including phenoxy) is 1. The van der Waals surface area contributed by atoms with Gasteiger partial charge < -0.3 is 10.1 Å². The Balaban J connectivity index is 1.77. The third kappa shape index (κ3) is 6.57. The summed E-state index contributed by atoms with van der Waals surface area (Å²) in [6.07, 6.45) is 2.43. The zero-order valence-electron chi connectivity index (χ0n) is 15.2. The Kier molecular flexibility index (Phi) is 7.46. The molecule has 1 atom stereocenters. The number of amides is 3. The molecular weight excluding hydrogens is 393 g/mol. The van der Waals surface area contributed by atoms with Crippen LogP contribution >= 0.6 is 0 Å². The summed E-state index contributed by atoms with van der Waals surface area (Å²) in [5.74, 6) is -2.44. The number of nitrogens with one attached hydrogen (secondary N) is 3. The smallest absolute Gasteiger partial charge is 0.321 e. The Morgan fingerprint density at radius 2 is 1.79 bits per heavy atom. The minimum atomic E-state index is -4.04. The van der Waals surface area contributed by atoms with Crippen LogP contribution in [0.4, 0.5) is 9.18 Å². The van der Waals surface area contributed by atoms with Gasteiger partial charge in [-0.25, -0.2) is 17.6 Å². The lowest BCUT2D eigenvalue weighted by Gasteiger charge is -2.15. The number of rotatable bonds is 7. The Morgan fingerprint density at radius 1 is 1.18 bits per heavy atom. The van der Waals surface area contributed by atoms with Crippen molar-refractivity contribution >= 4 is 27.9 Å². The van der Waals surface area contributed by atoms with Crippen LogP contribution in [-0.2, 0) is 24.3 Å². The fourth-order valence-corrected chi connectivity index (χ4v) is 3.62. The maximum atomic E-state index is 12.9. The number of benzene rings is 1. The van der Waals surface area contributed by atoms with Crippen LogP contribution in [0.25, 0.3) is 0 Å². The molecule has 1 aliphatic rings. The number of hydrogen-bond acceptors (Lipinski definition) is 6. The summed E-state index contributed by atoms with van der Waals surface area (Å²) in [5.41, 5.74) is 0. The summed E-state index contributed by atoms with van der Waals surface area (Å²) < 4.78 is 43.7. The average Bonchev–Trinajstić information content (AvgIpc) is 3.13. The first kappa shape index (κ1) is 21.8. The Labute approximate surface area is 162 Å². The molecule has 0 heterocycles. The highest BCUT2D eigenvalue weighted by Crippen LogP contribution is 2.17. The lowest BCUT2D eigenvalue weighted by Crippen LogP contribution is -2.47. The number of esters is 1. The molecular formula is C17H22FN3O6S. The lowest BCUT2D eigenvalue weighted by molar-refractivity contribution is -0.153. The van der Waals surface area contributed by atoms with Gasteiger partial charge in [0.1, 0.15) is 12.4 Å². The number of halogens is 1. The minimum absolute atomic E-state index is 0.0199. The normalized spacial score (nSPS) is 15.6. The van der Waals surface area contributed by atoms with Crippen molar-refractivity contribution in [3.05, 3.63) is 30.1 Å². The SMILES string of the molecule is C[C@H](OC(=O)CNS(=O)(=O)c1ccc(F)cc1)C(=O)NC(=O)NC1CCCC1. The van der Waals surface area contributed by atoms with Crippen LogP contribution in [0.15, 0.2) is 29.2 Å². The standard InChI is InChI=1S/C17H22FN3O6S/c1-11(16(23)21-17(24)20-13-4-2-3-5-13)27-15(22)10-19-28(25,26)14-8-6-12(18)7-9-14/h6-9,11,13,19H,2-5,10H2,1H3,(H2,20,21,23,24)/t11-/m0/s1. The van der Waals surface area contributed by atoms with E-state index in [1.807, 2.05) is 4.72 Å². The Morgan fingerprint density at radius 3 is 2.39 bits per heavy atom. The van der Waals surface area contributed by atoms with E-state index in [0.29, 0.717) is 0 Å². The van der Waals surface area contributed by atoms with E-state index in [4.69, 9.17) is 4.74 Å². The minimum Gasteiger partial charge on any atom is -0.452 e. The summed E-state index contributed by atoms with van der Waals surface area (Å²) in [4.78, 5) is 35.2. The van der Waals surface area contributed by atoms with E-state index < -0.39 is 46.4 Å². The van der Waals surface area contributed by atoms with E-state index in [2.05, 4.69) is 10.6 Å². The van der Waals surface area contributed by atoms with Crippen molar-refractivity contribution in [3.8, 4) is 0 Å². The van der Waals surface area contributed by atoms with E-state index in [9.17, 15) is 27.2 Å². The van der Waals surface area contributed by atoms with Crippen molar-refractivity contribution in [3.63, 3.8) is 0 Å². The molecule has 0 saturated heterocycles. The molecule has 0 spiro atoms. The second kappa shape index (κ2) is 9.60. The number of carbonyl (C=O) groups excluding carboxylic acids is 3. The van der Waals surface area contributed by atoms with Crippen LogP contribution in [0.2, 0.25) is 0 Å². The molecule has 2 rings (SSSR count). The third-order valence-electron chi connectivity index (χ3n) is 4.14. The fourth-order valence-electron chi connectivity index (χ4n) is 2.65. The molecule has 1 saturated carbocycles. The second-order valence-corrected chi connectivity index (χ2v) is 8.12. The number of hydrogen-bond donors (Lipinski definition) is 3. The lowest BCUT2D eigenvalue weighted by atomic mass is 10.2. The van der Waals surface area contributed by atoms with Gasteiger partial charge in [0.05, 0.1) is 4.90 Å².